The Morgan fingerprint density at radius 3 is 2.20 bits per heavy atom. The molecule has 1 N–H and O–H groups in total. The lowest BCUT2D eigenvalue weighted by Crippen LogP contribution is -2.11. The van der Waals surface area contributed by atoms with Crippen LogP contribution in [-0.4, -0.2) is 6.54 Å². The molecule has 0 aromatic heterocycles. The molecule has 90 valence electrons. The van der Waals surface area contributed by atoms with Crippen molar-refractivity contribution in [2.75, 3.05) is 6.54 Å². The summed E-state index contributed by atoms with van der Waals surface area (Å²) in [6.07, 6.45) is 9.60. The third-order valence-corrected chi connectivity index (χ3v) is 3.12. The predicted octanol–water partition coefficient (Wildman–Crippen LogP) is 4.50. The minimum Gasteiger partial charge on any atom is -0.389 e. The summed E-state index contributed by atoms with van der Waals surface area (Å²) < 4.78 is 0. The van der Waals surface area contributed by atoms with Crippen LogP contribution >= 0.6 is 0 Å². The van der Waals surface area contributed by atoms with E-state index in [0.717, 1.165) is 18.2 Å². The molecule has 0 aromatic carbocycles. The molecule has 0 spiro atoms. The molecule has 0 heterocycles. The Balaban J connectivity index is 3.14. The van der Waals surface area contributed by atoms with Gasteiger partial charge in [-0.05, 0) is 19.3 Å². The number of hydrogen-bond acceptors (Lipinski definition) is 1. The molecule has 0 saturated carbocycles. The molecular formula is C14H29N. The predicted molar refractivity (Wildman–Crippen MR) is 70.0 cm³/mol. The highest BCUT2D eigenvalue weighted by Crippen LogP contribution is 2.16. The van der Waals surface area contributed by atoms with Crippen molar-refractivity contribution in [2.45, 2.75) is 65.7 Å². The van der Waals surface area contributed by atoms with E-state index in [0.29, 0.717) is 0 Å². The molecule has 0 unspecified atom stereocenters. The van der Waals surface area contributed by atoms with E-state index in [-0.39, 0.29) is 0 Å². The quantitative estimate of drug-likeness (QED) is 0.525. The summed E-state index contributed by atoms with van der Waals surface area (Å²) in [4.78, 5) is 0. The third kappa shape index (κ3) is 9.84. The van der Waals surface area contributed by atoms with Crippen molar-refractivity contribution < 1.29 is 0 Å². The number of unbranched alkanes of at least 4 members (excludes halogenated alkanes) is 3. The standard InChI is InChI=1S/C14H29N/c1-5-14(6-2)11-9-7-8-10-12-15-13(3)4/h14-15H,3,5-12H2,1-2,4H3. The van der Waals surface area contributed by atoms with Gasteiger partial charge in [-0.2, -0.15) is 0 Å². The van der Waals surface area contributed by atoms with Crippen molar-refractivity contribution in [2.24, 2.45) is 5.92 Å². The average molecular weight is 211 g/mol. The van der Waals surface area contributed by atoms with Crippen molar-refractivity contribution in [3.05, 3.63) is 12.3 Å². The lowest BCUT2D eigenvalue weighted by Gasteiger charge is -2.11. The van der Waals surface area contributed by atoms with E-state index in [1.54, 1.807) is 0 Å². The van der Waals surface area contributed by atoms with E-state index in [9.17, 15) is 0 Å². The van der Waals surface area contributed by atoms with Gasteiger partial charge in [0, 0.05) is 12.2 Å². The number of hydrogen-bond donors (Lipinski definition) is 1. The summed E-state index contributed by atoms with van der Waals surface area (Å²) in [6.45, 7) is 11.6. The van der Waals surface area contributed by atoms with E-state index in [2.05, 4.69) is 25.7 Å². The molecule has 1 heteroatoms. The normalized spacial score (nSPS) is 10.7. The zero-order chi connectivity index (χ0) is 11.5. The molecule has 0 aliphatic heterocycles. The van der Waals surface area contributed by atoms with E-state index in [1.807, 2.05) is 6.92 Å². The number of allylic oxidation sites excluding steroid dienone is 1. The second-order valence-electron chi connectivity index (χ2n) is 4.59. The van der Waals surface area contributed by atoms with Gasteiger partial charge < -0.3 is 5.32 Å². The van der Waals surface area contributed by atoms with Gasteiger partial charge in [0.1, 0.15) is 0 Å². The van der Waals surface area contributed by atoms with Crippen molar-refractivity contribution in [3.63, 3.8) is 0 Å². The van der Waals surface area contributed by atoms with Crippen molar-refractivity contribution in [1.82, 2.24) is 5.32 Å². The van der Waals surface area contributed by atoms with E-state index in [4.69, 9.17) is 0 Å². The maximum absolute atomic E-state index is 3.82. The molecule has 0 aliphatic rings. The zero-order valence-corrected chi connectivity index (χ0v) is 10.9. The van der Waals surface area contributed by atoms with Crippen LogP contribution in [0.1, 0.15) is 65.7 Å². The summed E-state index contributed by atoms with van der Waals surface area (Å²) in [5.41, 5.74) is 1.09. The van der Waals surface area contributed by atoms with Gasteiger partial charge in [0.25, 0.3) is 0 Å². The minimum absolute atomic E-state index is 0.971. The summed E-state index contributed by atoms with van der Waals surface area (Å²) in [5, 5.41) is 3.27. The summed E-state index contributed by atoms with van der Waals surface area (Å²) in [7, 11) is 0. The number of rotatable bonds is 10. The SMILES string of the molecule is C=C(C)NCCCCCCC(CC)CC. The molecule has 0 saturated heterocycles. The fourth-order valence-electron chi connectivity index (χ4n) is 1.91. The van der Waals surface area contributed by atoms with Gasteiger partial charge in [0.2, 0.25) is 0 Å². The van der Waals surface area contributed by atoms with Gasteiger partial charge in [0.05, 0.1) is 0 Å². The second-order valence-corrected chi connectivity index (χ2v) is 4.59. The Morgan fingerprint density at radius 2 is 1.67 bits per heavy atom. The van der Waals surface area contributed by atoms with Gasteiger partial charge in [-0.25, -0.2) is 0 Å². The van der Waals surface area contributed by atoms with Crippen LogP contribution < -0.4 is 5.32 Å². The summed E-state index contributed by atoms with van der Waals surface area (Å²) in [6, 6.07) is 0. The Labute approximate surface area is 96.3 Å². The highest BCUT2D eigenvalue weighted by atomic mass is 14.9. The smallest absolute Gasteiger partial charge is 0.0143 e. The molecule has 1 nitrogen and oxygen atoms in total. The highest BCUT2D eigenvalue weighted by Gasteiger charge is 2.01. The van der Waals surface area contributed by atoms with Crippen LogP contribution in [0.3, 0.4) is 0 Å². The third-order valence-electron chi connectivity index (χ3n) is 3.12. The van der Waals surface area contributed by atoms with Gasteiger partial charge in [0.15, 0.2) is 0 Å². The van der Waals surface area contributed by atoms with Crippen molar-refractivity contribution in [1.29, 1.82) is 0 Å². The van der Waals surface area contributed by atoms with E-state index >= 15 is 0 Å². The van der Waals surface area contributed by atoms with Crippen LogP contribution in [0.2, 0.25) is 0 Å². The van der Waals surface area contributed by atoms with Crippen LogP contribution in [0.5, 0.6) is 0 Å². The first-order valence-corrected chi connectivity index (χ1v) is 6.60. The van der Waals surface area contributed by atoms with Crippen LogP contribution in [0.15, 0.2) is 12.3 Å². The fraction of sp³-hybridized carbons (Fsp3) is 0.857. The first kappa shape index (κ1) is 14.5. The second kappa shape index (κ2) is 10.1. The van der Waals surface area contributed by atoms with Gasteiger partial charge >= 0.3 is 0 Å². The van der Waals surface area contributed by atoms with Gasteiger partial charge in [-0.3, -0.25) is 0 Å². The Morgan fingerprint density at radius 1 is 1.07 bits per heavy atom. The van der Waals surface area contributed by atoms with Crippen LogP contribution in [-0.2, 0) is 0 Å². The zero-order valence-electron chi connectivity index (χ0n) is 10.9. The van der Waals surface area contributed by atoms with Gasteiger partial charge in [-0.15, -0.1) is 0 Å². The molecule has 0 atom stereocenters. The molecule has 0 fully saturated rings. The van der Waals surface area contributed by atoms with Crippen molar-refractivity contribution in [3.8, 4) is 0 Å². The van der Waals surface area contributed by atoms with Crippen LogP contribution in [0.25, 0.3) is 0 Å². The first-order chi connectivity index (χ1) is 7.20. The largest absolute Gasteiger partial charge is 0.389 e. The Kier molecular flexibility index (Phi) is 9.76. The van der Waals surface area contributed by atoms with E-state index in [1.165, 1.54) is 44.9 Å². The first-order valence-electron chi connectivity index (χ1n) is 6.60. The molecule has 0 rings (SSSR count). The molecule has 0 aliphatic carbocycles. The van der Waals surface area contributed by atoms with Crippen LogP contribution in [0, 0.1) is 5.92 Å². The summed E-state index contributed by atoms with van der Waals surface area (Å²) >= 11 is 0. The fourth-order valence-corrected chi connectivity index (χ4v) is 1.91. The van der Waals surface area contributed by atoms with Crippen molar-refractivity contribution >= 4 is 0 Å². The van der Waals surface area contributed by atoms with Crippen LogP contribution in [0.4, 0.5) is 0 Å². The molecule has 0 bridgehead atoms. The minimum atomic E-state index is 0.971. The monoisotopic (exact) mass is 211 g/mol. The summed E-state index contributed by atoms with van der Waals surface area (Å²) in [5.74, 6) is 0.971. The lowest BCUT2D eigenvalue weighted by molar-refractivity contribution is 0.428. The highest BCUT2D eigenvalue weighted by molar-refractivity contribution is 4.83. The molecule has 15 heavy (non-hydrogen) atoms. The molecule has 0 amide bonds. The average Bonchev–Trinajstić information content (AvgIpc) is 2.22. The molecule has 0 radical (unpaired) electrons. The molecule has 0 aromatic rings. The van der Waals surface area contributed by atoms with Gasteiger partial charge in [-0.1, -0.05) is 59.0 Å². The maximum Gasteiger partial charge on any atom is 0.0143 e. The Hall–Kier alpha value is -0.460. The maximum atomic E-state index is 3.82. The van der Waals surface area contributed by atoms with E-state index < -0.39 is 0 Å². The molecular weight excluding hydrogens is 182 g/mol. The Bertz CT molecular complexity index is 147. The number of nitrogens with one attached hydrogen (secondary N) is 1. The lowest BCUT2D eigenvalue weighted by atomic mass is 9.96. The topological polar surface area (TPSA) is 12.0 Å².